The molecule has 0 spiro atoms. The van der Waals surface area contributed by atoms with Crippen LogP contribution in [0.4, 0.5) is 5.69 Å². The molecule has 6 heteroatoms. The van der Waals surface area contributed by atoms with E-state index in [1.54, 1.807) is 21.3 Å². The summed E-state index contributed by atoms with van der Waals surface area (Å²) in [6.07, 6.45) is 1.07. The fourth-order valence-corrected chi connectivity index (χ4v) is 3.36. The molecule has 0 saturated heterocycles. The number of benzene rings is 2. The Balaban J connectivity index is 1.78. The molecule has 1 heterocycles. The van der Waals surface area contributed by atoms with E-state index in [1.807, 2.05) is 44.2 Å². The Morgan fingerprint density at radius 1 is 1.08 bits per heavy atom. The van der Waals surface area contributed by atoms with Crippen LogP contribution in [0.2, 0.25) is 5.02 Å². The highest BCUT2D eigenvalue weighted by molar-refractivity contribution is 6.33. The van der Waals surface area contributed by atoms with Crippen LogP contribution in [0.3, 0.4) is 0 Å². The van der Waals surface area contributed by atoms with Crippen molar-refractivity contribution in [3.05, 3.63) is 63.5 Å². The maximum absolute atomic E-state index is 12.7. The number of aromatic nitrogens is 2. The number of carbonyl (C=O) groups excluding carboxylic acids is 1. The number of aryl methyl sites for hydroxylation is 3. The van der Waals surface area contributed by atoms with E-state index in [1.165, 1.54) is 0 Å². The Morgan fingerprint density at radius 2 is 1.73 bits per heavy atom. The van der Waals surface area contributed by atoms with Gasteiger partial charge in [-0.3, -0.25) is 13.9 Å². The second-order valence-corrected chi connectivity index (χ2v) is 6.76. The zero-order chi connectivity index (χ0) is 18.7. The zero-order valence-electron chi connectivity index (χ0n) is 15.0. The Bertz CT molecular complexity index is 1000. The monoisotopic (exact) mass is 371 g/mol. The molecule has 0 aliphatic rings. The molecular formula is C20H22ClN3O2. The molecule has 0 saturated carbocycles. The van der Waals surface area contributed by atoms with Crippen molar-refractivity contribution >= 4 is 34.2 Å². The molecule has 3 rings (SSSR count). The van der Waals surface area contributed by atoms with Crippen molar-refractivity contribution in [2.75, 3.05) is 5.32 Å². The lowest BCUT2D eigenvalue weighted by atomic mass is 10.2. The standard InChI is InChI=1S/C20H22ClN3O2/c1-3-11-23-17-6-4-5-7-18(17)24(20(23)26)12-10-19(25)22-16-9-8-14(2)13-15(16)21/h4-9,13H,3,10-12H2,1-2H3,(H,22,25). The molecule has 0 aliphatic heterocycles. The van der Waals surface area contributed by atoms with Gasteiger partial charge in [0, 0.05) is 19.5 Å². The van der Waals surface area contributed by atoms with E-state index in [9.17, 15) is 9.59 Å². The van der Waals surface area contributed by atoms with Crippen LogP contribution in [0.15, 0.2) is 47.3 Å². The molecule has 2 aromatic carbocycles. The first-order valence-electron chi connectivity index (χ1n) is 8.75. The average molecular weight is 372 g/mol. The molecule has 0 radical (unpaired) electrons. The molecule has 3 aromatic rings. The van der Waals surface area contributed by atoms with E-state index in [-0.39, 0.29) is 18.0 Å². The van der Waals surface area contributed by atoms with Crippen molar-refractivity contribution in [3.8, 4) is 0 Å². The summed E-state index contributed by atoms with van der Waals surface area (Å²) in [5.74, 6) is -0.171. The van der Waals surface area contributed by atoms with Crippen LogP contribution in [0.1, 0.15) is 25.3 Å². The predicted molar refractivity (Wildman–Crippen MR) is 106 cm³/mol. The van der Waals surface area contributed by atoms with E-state index in [2.05, 4.69) is 5.32 Å². The quantitative estimate of drug-likeness (QED) is 0.705. The van der Waals surface area contributed by atoms with Gasteiger partial charge in [-0.15, -0.1) is 0 Å². The van der Waals surface area contributed by atoms with Crippen LogP contribution in [-0.4, -0.2) is 15.0 Å². The fourth-order valence-electron chi connectivity index (χ4n) is 3.08. The molecule has 0 unspecified atom stereocenters. The smallest absolute Gasteiger partial charge is 0.325 e. The summed E-state index contributed by atoms with van der Waals surface area (Å²) >= 11 is 6.16. The number of hydrogen-bond acceptors (Lipinski definition) is 2. The maximum atomic E-state index is 12.7. The van der Waals surface area contributed by atoms with Gasteiger partial charge in [0.25, 0.3) is 0 Å². The lowest BCUT2D eigenvalue weighted by molar-refractivity contribution is -0.116. The van der Waals surface area contributed by atoms with Gasteiger partial charge < -0.3 is 5.32 Å². The fraction of sp³-hybridized carbons (Fsp3) is 0.300. The number of nitrogens with one attached hydrogen (secondary N) is 1. The topological polar surface area (TPSA) is 56.0 Å². The molecule has 0 aliphatic carbocycles. The van der Waals surface area contributed by atoms with Gasteiger partial charge in [0.15, 0.2) is 0 Å². The molecule has 26 heavy (non-hydrogen) atoms. The van der Waals surface area contributed by atoms with Crippen LogP contribution in [0.25, 0.3) is 11.0 Å². The number of fused-ring (bicyclic) bond motifs is 1. The van der Waals surface area contributed by atoms with Gasteiger partial charge >= 0.3 is 5.69 Å². The van der Waals surface area contributed by atoms with Crippen molar-refractivity contribution < 1.29 is 4.79 Å². The minimum absolute atomic E-state index is 0.0748. The second kappa shape index (κ2) is 7.79. The molecule has 5 nitrogen and oxygen atoms in total. The summed E-state index contributed by atoms with van der Waals surface area (Å²) in [7, 11) is 0. The number of hydrogen-bond donors (Lipinski definition) is 1. The first-order chi connectivity index (χ1) is 12.5. The number of rotatable bonds is 6. The Hall–Kier alpha value is -2.53. The largest absolute Gasteiger partial charge is 0.329 e. The van der Waals surface area contributed by atoms with Gasteiger partial charge in [-0.05, 0) is 43.2 Å². The second-order valence-electron chi connectivity index (χ2n) is 6.36. The van der Waals surface area contributed by atoms with Crippen molar-refractivity contribution in [3.63, 3.8) is 0 Å². The number of para-hydroxylation sites is 2. The van der Waals surface area contributed by atoms with Crippen molar-refractivity contribution in [1.29, 1.82) is 0 Å². The van der Waals surface area contributed by atoms with Crippen LogP contribution < -0.4 is 11.0 Å². The summed E-state index contributed by atoms with van der Waals surface area (Å²) in [6.45, 7) is 4.97. The summed E-state index contributed by atoms with van der Waals surface area (Å²) in [4.78, 5) is 25.0. The summed E-state index contributed by atoms with van der Waals surface area (Å²) in [5, 5.41) is 3.32. The third-order valence-electron chi connectivity index (χ3n) is 4.33. The van der Waals surface area contributed by atoms with Gasteiger partial charge in [-0.25, -0.2) is 4.79 Å². The third kappa shape index (κ3) is 3.68. The lowest BCUT2D eigenvalue weighted by Crippen LogP contribution is -2.26. The molecular weight excluding hydrogens is 350 g/mol. The van der Waals surface area contributed by atoms with Crippen LogP contribution in [0, 0.1) is 6.92 Å². The first-order valence-corrected chi connectivity index (χ1v) is 9.13. The van der Waals surface area contributed by atoms with Crippen molar-refractivity contribution in [1.82, 2.24) is 9.13 Å². The number of nitrogens with zero attached hydrogens (tertiary/aromatic N) is 2. The molecule has 136 valence electrons. The number of imidazole rings is 1. The van der Waals surface area contributed by atoms with Gasteiger partial charge in [0.2, 0.25) is 5.91 Å². The molecule has 0 atom stereocenters. The molecule has 1 amide bonds. The number of halogens is 1. The molecule has 0 bridgehead atoms. The summed E-state index contributed by atoms with van der Waals surface area (Å²) in [6, 6.07) is 13.2. The summed E-state index contributed by atoms with van der Waals surface area (Å²) < 4.78 is 3.44. The Morgan fingerprint density at radius 3 is 2.35 bits per heavy atom. The average Bonchev–Trinajstić information content (AvgIpc) is 2.88. The van der Waals surface area contributed by atoms with E-state index in [0.717, 1.165) is 23.0 Å². The first kappa shape index (κ1) is 18.3. The lowest BCUT2D eigenvalue weighted by Gasteiger charge is -2.08. The van der Waals surface area contributed by atoms with E-state index in [0.29, 0.717) is 23.8 Å². The van der Waals surface area contributed by atoms with Crippen LogP contribution in [-0.2, 0) is 17.9 Å². The van der Waals surface area contributed by atoms with E-state index >= 15 is 0 Å². The van der Waals surface area contributed by atoms with Crippen LogP contribution in [0.5, 0.6) is 0 Å². The molecule has 1 N–H and O–H groups in total. The minimum Gasteiger partial charge on any atom is -0.325 e. The SMILES string of the molecule is CCCn1c(=O)n(CCC(=O)Nc2ccc(C)cc2Cl)c2ccccc21. The van der Waals surface area contributed by atoms with E-state index in [4.69, 9.17) is 11.6 Å². The van der Waals surface area contributed by atoms with Gasteiger partial charge in [-0.1, -0.05) is 36.7 Å². The van der Waals surface area contributed by atoms with Gasteiger partial charge in [0.1, 0.15) is 0 Å². The van der Waals surface area contributed by atoms with Crippen molar-refractivity contribution in [2.45, 2.75) is 39.8 Å². The predicted octanol–water partition coefficient (Wildman–Crippen LogP) is 4.20. The maximum Gasteiger partial charge on any atom is 0.329 e. The zero-order valence-corrected chi connectivity index (χ0v) is 15.7. The highest BCUT2D eigenvalue weighted by Crippen LogP contribution is 2.23. The Kier molecular flexibility index (Phi) is 5.47. The third-order valence-corrected chi connectivity index (χ3v) is 4.65. The highest BCUT2D eigenvalue weighted by Gasteiger charge is 2.13. The van der Waals surface area contributed by atoms with Crippen LogP contribution >= 0.6 is 11.6 Å². The minimum atomic E-state index is -0.171. The number of amides is 1. The molecule has 1 aromatic heterocycles. The number of anilines is 1. The molecule has 0 fully saturated rings. The summed E-state index contributed by atoms with van der Waals surface area (Å²) in [5.41, 5.74) is 3.30. The highest BCUT2D eigenvalue weighted by atomic mass is 35.5. The normalized spacial score (nSPS) is 11.0. The van der Waals surface area contributed by atoms with Gasteiger partial charge in [0.05, 0.1) is 21.7 Å². The number of carbonyl (C=O) groups is 1. The Labute approximate surface area is 157 Å². The van der Waals surface area contributed by atoms with Crippen molar-refractivity contribution in [2.24, 2.45) is 0 Å². The van der Waals surface area contributed by atoms with E-state index < -0.39 is 0 Å². The van der Waals surface area contributed by atoms with Gasteiger partial charge in [-0.2, -0.15) is 0 Å².